The highest BCUT2D eigenvalue weighted by Crippen LogP contribution is 2.28. The number of carbonyl (C=O) groups is 2. The van der Waals surface area contributed by atoms with Gasteiger partial charge in [-0.15, -0.1) is 0 Å². The van der Waals surface area contributed by atoms with Crippen LogP contribution in [0.5, 0.6) is 0 Å². The molecule has 0 aromatic heterocycles. The van der Waals surface area contributed by atoms with Crippen molar-refractivity contribution in [1.82, 2.24) is 0 Å². The summed E-state index contributed by atoms with van der Waals surface area (Å²) in [4.78, 5) is 25.4. The van der Waals surface area contributed by atoms with E-state index in [-0.39, 0.29) is 30.5 Å². The maximum absolute atomic E-state index is 14.3. The first-order chi connectivity index (χ1) is 11.5. The minimum absolute atomic E-state index is 0.0234. The summed E-state index contributed by atoms with van der Waals surface area (Å²) in [5.41, 5.74) is 6.16. The zero-order chi connectivity index (χ0) is 17.3. The average molecular weight is 337 g/mol. The van der Waals surface area contributed by atoms with Crippen LogP contribution >= 0.6 is 0 Å². The Balaban J connectivity index is 1.69. The number of nitrogens with one attached hydrogen (secondary N) is 1. The predicted molar refractivity (Wildman–Crippen MR) is 84.9 cm³/mol. The van der Waals surface area contributed by atoms with E-state index >= 15 is 0 Å². The molecule has 1 saturated carbocycles. The molecule has 3 atom stereocenters. The first kappa shape index (κ1) is 16.8. The highest BCUT2D eigenvalue weighted by atomic mass is 19.1. The third kappa shape index (κ3) is 3.40. The highest BCUT2D eigenvalue weighted by molar-refractivity contribution is 5.96. The first-order valence-electron chi connectivity index (χ1n) is 7.88. The minimum atomic E-state index is -0.708. The van der Waals surface area contributed by atoms with Gasteiger partial charge in [-0.25, -0.2) is 4.39 Å². The molecule has 1 heterocycles. The number of hydrogen-bond donors (Lipinski definition) is 3. The van der Waals surface area contributed by atoms with Gasteiger partial charge in [-0.05, 0) is 31.0 Å². The number of halogens is 1. The van der Waals surface area contributed by atoms with Crippen molar-refractivity contribution < 1.29 is 23.8 Å². The number of aliphatic hydroxyl groups excluding tert-OH is 1. The van der Waals surface area contributed by atoms with E-state index in [1.807, 2.05) is 0 Å². The molecule has 2 aliphatic rings. The second-order valence-corrected chi connectivity index (χ2v) is 6.15. The molecule has 1 aliphatic heterocycles. The van der Waals surface area contributed by atoms with Crippen molar-refractivity contribution in [2.75, 3.05) is 30.0 Å². The molecule has 2 fully saturated rings. The fraction of sp³-hybridized carbons (Fsp3) is 0.500. The van der Waals surface area contributed by atoms with Gasteiger partial charge in [-0.2, -0.15) is 0 Å². The quantitative estimate of drug-likeness (QED) is 0.732. The zero-order valence-electron chi connectivity index (χ0n) is 13.1. The third-order valence-corrected chi connectivity index (χ3v) is 4.46. The Morgan fingerprint density at radius 3 is 2.83 bits per heavy atom. The molecule has 8 heteroatoms. The van der Waals surface area contributed by atoms with E-state index in [4.69, 9.17) is 10.5 Å². The molecule has 1 saturated heterocycles. The van der Waals surface area contributed by atoms with E-state index < -0.39 is 23.9 Å². The number of nitrogens with two attached hydrogens (primary N) is 1. The summed E-state index contributed by atoms with van der Waals surface area (Å²) in [5, 5.41) is 12.1. The normalized spacial score (nSPS) is 27.4. The Hall–Kier alpha value is -2.03. The molecular weight excluding hydrogens is 317 g/mol. The van der Waals surface area contributed by atoms with E-state index in [9.17, 15) is 19.1 Å². The zero-order valence-corrected chi connectivity index (χ0v) is 13.1. The van der Waals surface area contributed by atoms with Gasteiger partial charge in [0.1, 0.15) is 12.4 Å². The Bertz CT molecular complexity index is 644. The topological polar surface area (TPSA) is 105 Å². The van der Waals surface area contributed by atoms with Crippen LogP contribution in [0.25, 0.3) is 0 Å². The average Bonchev–Trinajstić information content (AvgIpc) is 2.89. The van der Waals surface area contributed by atoms with Crippen LogP contribution in [0.15, 0.2) is 18.2 Å². The molecule has 1 aromatic rings. The van der Waals surface area contributed by atoms with Crippen LogP contribution in [-0.4, -0.2) is 48.8 Å². The van der Waals surface area contributed by atoms with Crippen molar-refractivity contribution in [3.8, 4) is 0 Å². The van der Waals surface area contributed by atoms with Gasteiger partial charge in [0, 0.05) is 24.2 Å². The van der Waals surface area contributed by atoms with Gasteiger partial charge >= 0.3 is 0 Å². The summed E-state index contributed by atoms with van der Waals surface area (Å²) in [6.45, 7) is 0.738. The second-order valence-electron chi connectivity index (χ2n) is 6.15. The Kier molecular flexibility index (Phi) is 4.79. The number of morpholine rings is 1. The molecule has 0 radical (unpaired) electrons. The molecule has 1 aromatic carbocycles. The lowest BCUT2D eigenvalue weighted by molar-refractivity contribution is -0.125. The Morgan fingerprint density at radius 2 is 2.21 bits per heavy atom. The molecule has 0 spiro atoms. The molecule has 0 bridgehead atoms. The van der Waals surface area contributed by atoms with Gasteiger partial charge in [0.05, 0.1) is 18.4 Å². The van der Waals surface area contributed by atoms with E-state index in [1.54, 1.807) is 6.07 Å². The molecule has 3 rings (SSSR count). The number of amides is 2. The van der Waals surface area contributed by atoms with Gasteiger partial charge in [-0.3, -0.25) is 9.59 Å². The molecule has 4 N–H and O–H groups in total. The van der Waals surface area contributed by atoms with Crippen LogP contribution in [0.1, 0.15) is 12.8 Å². The molecule has 7 nitrogen and oxygen atoms in total. The number of anilines is 2. The number of nitrogens with zero attached hydrogens (tertiary/aromatic N) is 1. The standard InChI is InChI=1S/C16H20FN3O4/c17-11-7-10(20-3-4-24-8-15(20)22)1-2-13(11)19-16(23)9-5-12(18)14(21)6-9/h1-2,7,9,12,14,21H,3-6,8,18H2,(H,19,23)/t9-,12+,14+/m1/s1. The van der Waals surface area contributed by atoms with Crippen molar-refractivity contribution in [1.29, 1.82) is 0 Å². The summed E-state index contributed by atoms with van der Waals surface area (Å²) in [6.07, 6.45) is -0.0652. The van der Waals surface area contributed by atoms with Crippen molar-refractivity contribution in [3.63, 3.8) is 0 Å². The Labute approximate surface area is 138 Å². The largest absolute Gasteiger partial charge is 0.391 e. The van der Waals surface area contributed by atoms with Crippen LogP contribution in [0.4, 0.5) is 15.8 Å². The minimum Gasteiger partial charge on any atom is -0.391 e. The Morgan fingerprint density at radius 1 is 1.42 bits per heavy atom. The fourth-order valence-corrected chi connectivity index (χ4v) is 3.06. The van der Waals surface area contributed by atoms with Crippen LogP contribution in [0.2, 0.25) is 0 Å². The maximum Gasteiger partial charge on any atom is 0.253 e. The van der Waals surface area contributed by atoms with Gasteiger partial charge in [-0.1, -0.05) is 0 Å². The molecule has 24 heavy (non-hydrogen) atoms. The lowest BCUT2D eigenvalue weighted by Crippen LogP contribution is -2.41. The molecule has 0 unspecified atom stereocenters. The van der Waals surface area contributed by atoms with E-state index in [2.05, 4.69) is 5.32 Å². The van der Waals surface area contributed by atoms with Gasteiger partial charge in [0.25, 0.3) is 5.91 Å². The number of carbonyl (C=O) groups excluding carboxylic acids is 2. The summed E-state index contributed by atoms with van der Waals surface area (Å²) in [6, 6.07) is 3.79. The fourth-order valence-electron chi connectivity index (χ4n) is 3.06. The SMILES string of the molecule is N[C@H]1C[C@@H](C(=O)Nc2ccc(N3CCOCC3=O)cc2F)C[C@@H]1O. The maximum atomic E-state index is 14.3. The van der Waals surface area contributed by atoms with Gasteiger partial charge in [0.15, 0.2) is 0 Å². The lowest BCUT2D eigenvalue weighted by Gasteiger charge is -2.27. The molecule has 130 valence electrons. The van der Waals surface area contributed by atoms with E-state index in [1.165, 1.54) is 17.0 Å². The molecule has 2 amide bonds. The van der Waals surface area contributed by atoms with Crippen molar-refractivity contribution in [3.05, 3.63) is 24.0 Å². The van der Waals surface area contributed by atoms with Crippen LogP contribution in [0.3, 0.4) is 0 Å². The highest BCUT2D eigenvalue weighted by Gasteiger charge is 2.35. The smallest absolute Gasteiger partial charge is 0.253 e. The summed E-state index contributed by atoms with van der Waals surface area (Å²) >= 11 is 0. The van der Waals surface area contributed by atoms with E-state index in [0.717, 1.165) is 0 Å². The van der Waals surface area contributed by atoms with Gasteiger partial charge in [0.2, 0.25) is 5.91 Å². The number of ether oxygens (including phenoxy) is 1. The predicted octanol–water partition coefficient (Wildman–Crippen LogP) is 0.226. The second kappa shape index (κ2) is 6.84. The number of benzene rings is 1. The summed E-state index contributed by atoms with van der Waals surface area (Å²) in [5.74, 6) is -1.65. The third-order valence-electron chi connectivity index (χ3n) is 4.46. The summed E-state index contributed by atoms with van der Waals surface area (Å²) in [7, 11) is 0. The monoisotopic (exact) mass is 337 g/mol. The van der Waals surface area contributed by atoms with Crippen LogP contribution in [-0.2, 0) is 14.3 Å². The number of aliphatic hydroxyl groups is 1. The van der Waals surface area contributed by atoms with Crippen molar-refractivity contribution in [2.45, 2.75) is 25.0 Å². The van der Waals surface area contributed by atoms with Crippen molar-refractivity contribution >= 4 is 23.2 Å². The van der Waals surface area contributed by atoms with Crippen LogP contribution < -0.4 is 16.0 Å². The number of rotatable bonds is 3. The van der Waals surface area contributed by atoms with Gasteiger partial charge < -0.3 is 25.8 Å². The van der Waals surface area contributed by atoms with Crippen molar-refractivity contribution in [2.24, 2.45) is 11.7 Å². The van der Waals surface area contributed by atoms with E-state index in [0.29, 0.717) is 25.3 Å². The first-order valence-corrected chi connectivity index (χ1v) is 7.88. The number of hydrogen-bond acceptors (Lipinski definition) is 5. The molecular formula is C16H20FN3O4. The summed E-state index contributed by atoms with van der Waals surface area (Å²) < 4.78 is 19.3. The molecule has 1 aliphatic carbocycles. The lowest BCUT2D eigenvalue weighted by atomic mass is 10.1. The van der Waals surface area contributed by atoms with Crippen LogP contribution in [0, 0.1) is 11.7 Å².